The highest BCUT2D eigenvalue weighted by Gasteiger charge is 2.16. The molecular weight excluding hydrogens is 174 g/mol. The van der Waals surface area contributed by atoms with Gasteiger partial charge in [0, 0.05) is 29.6 Å². The van der Waals surface area contributed by atoms with Gasteiger partial charge in [-0.05, 0) is 26.7 Å². The smallest absolute Gasteiger partial charge is 0.181 e. The molecule has 0 spiro atoms. The van der Waals surface area contributed by atoms with Crippen LogP contribution in [0.15, 0.2) is 23.1 Å². The molecule has 0 aliphatic carbocycles. The second-order valence-corrected chi connectivity index (χ2v) is 4.98. The molecule has 0 aliphatic rings. The Balaban J connectivity index is 3.37. The van der Waals surface area contributed by atoms with Crippen LogP contribution in [0.1, 0.15) is 46.2 Å². The van der Waals surface area contributed by atoms with Crippen molar-refractivity contribution in [1.29, 1.82) is 0 Å². The van der Waals surface area contributed by atoms with E-state index in [-0.39, 0.29) is 11.0 Å². The van der Waals surface area contributed by atoms with Crippen LogP contribution < -0.4 is 5.43 Å². The van der Waals surface area contributed by atoms with Crippen LogP contribution in [0.2, 0.25) is 0 Å². The number of aromatic nitrogens is 1. The van der Waals surface area contributed by atoms with Crippen molar-refractivity contribution in [3.05, 3.63) is 34.2 Å². The van der Waals surface area contributed by atoms with Gasteiger partial charge < -0.3 is 4.57 Å². The second-order valence-electron chi connectivity index (χ2n) is 4.98. The Morgan fingerprint density at radius 3 is 2.29 bits per heavy atom. The summed E-state index contributed by atoms with van der Waals surface area (Å²) in [5.74, 6) is 0.378. The minimum Gasteiger partial charge on any atom is -0.346 e. The van der Waals surface area contributed by atoms with Crippen molar-refractivity contribution in [2.45, 2.75) is 46.1 Å². The zero-order chi connectivity index (χ0) is 10.9. The van der Waals surface area contributed by atoms with Crippen molar-refractivity contribution in [2.75, 3.05) is 0 Å². The van der Waals surface area contributed by atoms with Crippen LogP contribution >= 0.6 is 0 Å². The van der Waals surface area contributed by atoms with Crippen molar-refractivity contribution in [1.82, 2.24) is 4.57 Å². The third-order valence-corrected chi connectivity index (χ3v) is 2.27. The lowest BCUT2D eigenvalue weighted by atomic mass is 10.0. The van der Waals surface area contributed by atoms with Gasteiger partial charge in [-0.1, -0.05) is 13.8 Å². The Bertz CT molecular complexity index is 369. The molecule has 0 radical (unpaired) electrons. The molecule has 0 aromatic carbocycles. The van der Waals surface area contributed by atoms with Crippen LogP contribution in [-0.2, 0) is 5.54 Å². The number of nitrogens with zero attached hydrogens (tertiary/aromatic N) is 1. The average Bonchev–Trinajstić information content (AvgIpc) is 2.01. The van der Waals surface area contributed by atoms with Crippen LogP contribution in [-0.4, -0.2) is 4.57 Å². The first kappa shape index (κ1) is 11.0. The predicted octanol–water partition coefficient (Wildman–Crippen LogP) is 2.73. The lowest BCUT2D eigenvalue weighted by molar-refractivity contribution is 0.375. The van der Waals surface area contributed by atoms with Gasteiger partial charge >= 0.3 is 0 Å². The number of pyridine rings is 1. The van der Waals surface area contributed by atoms with Gasteiger partial charge in [-0.3, -0.25) is 4.79 Å². The van der Waals surface area contributed by atoms with Crippen molar-refractivity contribution in [3.8, 4) is 0 Å². The first-order chi connectivity index (χ1) is 6.32. The maximum absolute atomic E-state index is 11.3. The Kier molecular flexibility index (Phi) is 2.84. The van der Waals surface area contributed by atoms with Crippen molar-refractivity contribution >= 4 is 0 Å². The van der Waals surface area contributed by atoms with Gasteiger partial charge in [-0.25, -0.2) is 0 Å². The summed E-state index contributed by atoms with van der Waals surface area (Å²) in [7, 11) is 0. The summed E-state index contributed by atoms with van der Waals surface area (Å²) >= 11 is 0. The van der Waals surface area contributed by atoms with Crippen molar-refractivity contribution in [3.63, 3.8) is 0 Å². The molecule has 0 saturated heterocycles. The summed E-state index contributed by atoms with van der Waals surface area (Å²) in [4.78, 5) is 11.3. The van der Waals surface area contributed by atoms with E-state index in [0.29, 0.717) is 5.92 Å². The maximum atomic E-state index is 11.3. The highest BCUT2D eigenvalue weighted by Crippen LogP contribution is 2.20. The van der Waals surface area contributed by atoms with E-state index in [0.717, 1.165) is 5.69 Å². The van der Waals surface area contributed by atoms with E-state index >= 15 is 0 Å². The van der Waals surface area contributed by atoms with Crippen LogP contribution in [0.5, 0.6) is 0 Å². The number of rotatable bonds is 1. The minimum atomic E-state index is 0.0350. The molecule has 1 rings (SSSR count). The summed E-state index contributed by atoms with van der Waals surface area (Å²) in [5.41, 5.74) is 1.23. The van der Waals surface area contributed by atoms with E-state index in [1.165, 1.54) is 0 Å². The Morgan fingerprint density at radius 2 is 1.86 bits per heavy atom. The molecule has 1 heterocycles. The molecule has 1 aromatic rings. The molecule has 2 nitrogen and oxygen atoms in total. The first-order valence-corrected chi connectivity index (χ1v) is 5.05. The summed E-state index contributed by atoms with van der Waals surface area (Å²) in [6.45, 7) is 10.6. The monoisotopic (exact) mass is 193 g/mol. The molecule has 0 bridgehead atoms. The zero-order valence-corrected chi connectivity index (χ0v) is 9.66. The third-order valence-electron chi connectivity index (χ3n) is 2.27. The quantitative estimate of drug-likeness (QED) is 0.672. The van der Waals surface area contributed by atoms with Gasteiger partial charge in [0.1, 0.15) is 0 Å². The van der Waals surface area contributed by atoms with Crippen LogP contribution in [0.4, 0.5) is 0 Å². The fourth-order valence-corrected chi connectivity index (χ4v) is 1.55. The lowest BCUT2D eigenvalue weighted by Crippen LogP contribution is -2.27. The summed E-state index contributed by atoms with van der Waals surface area (Å²) < 4.78 is 2.17. The second kappa shape index (κ2) is 3.60. The highest BCUT2D eigenvalue weighted by molar-refractivity contribution is 5.12. The fourth-order valence-electron chi connectivity index (χ4n) is 1.55. The Morgan fingerprint density at radius 1 is 1.29 bits per heavy atom. The number of hydrogen-bond acceptors (Lipinski definition) is 1. The molecule has 0 fully saturated rings. The molecule has 2 heteroatoms. The van der Waals surface area contributed by atoms with Crippen molar-refractivity contribution < 1.29 is 0 Å². The molecule has 14 heavy (non-hydrogen) atoms. The highest BCUT2D eigenvalue weighted by atomic mass is 16.1. The standard InChI is InChI=1S/C12H19NO/c1-9(2)11-8-10(14)6-7-13(11)12(3,4)5/h6-9H,1-5H3. The molecule has 0 unspecified atom stereocenters. The fraction of sp³-hybridized carbons (Fsp3) is 0.583. The molecule has 1 aromatic heterocycles. The van der Waals surface area contributed by atoms with Gasteiger partial charge in [0.2, 0.25) is 0 Å². The molecule has 0 atom stereocenters. The average molecular weight is 193 g/mol. The van der Waals surface area contributed by atoms with E-state index in [1.54, 1.807) is 12.1 Å². The van der Waals surface area contributed by atoms with E-state index in [9.17, 15) is 4.79 Å². The minimum absolute atomic E-state index is 0.0350. The molecule has 0 saturated carbocycles. The molecule has 78 valence electrons. The Labute approximate surface area is 85.6 Å². The SMILES string of the molecule is CC(C)c1cc(=O)ccn1C(C)(C)C. The van der Waals surface area contributed by atoms with E-state index in [1.807, 2.05) is 6.20 Å². The van der Waals surface area contributed by atoms with Gasteiger partial charge in [-0.2, -0.15) is 0 Å². The van der Waals surface area contributed by atoms with Crippen molar-refractivity contribution in [2.24, 2.45) is 0 Å². The Hall–Kier alpha value is -1.05. The lowest BCUT2D eigenvalue weighted by Gasteiger charge is -2.28. The normalized spacial score (nSPS) is 12.1. The summed E-state index contributed by atoms with van der Waals surface area (Å²) in [5, 5.41) is 0. The molecule has 0 N–H and O–H groups in total. The van der Waals surface area contributed by atoms with E-state index in [2.05, 4.69) is 39.2 Å². The van der Waals surface area contributed by atoms with Crippen LogP contribution in [0.3, 0.4) is 0 Å². The van der Waals surface area contributed by atoms with Crippen LogP contribution in [0, 0.1) is 0 Å². The number of hydrogen-bond donors (Lipinski definition) is 0. The third kappa shape index (κ3) is 2.25. The first-order valence-electron chi connectivity index (χ1n) is 5.05. The summed E-state index contributed by atoms with van der Waals surface area (Å²) in [6, 6.07) is 3.35. The largest absolute Gasteiger partial charge is 0.346 e. The molecular formula is C12H19NO. The predicted molar refractivity (Wildman–Crippen MR) is 59.8 cm³/mol. The maximum Gasteiger partial charge on any atom is 0.181 e. The van der Waals surface area contributed by atoms with Gasteiger partial charge in [-0.15, -0.1) is 0 Å². The van der Waals surface area contributed by atoms with Gasteiger partial charge in [0.25, 0.3) is 0 Å². The van der Waals surface area contributed by atoms with E-state index < -0.39 is 0 Å². The van der Waals surface area contributed by atoms with Gasteiger partial charge in [0.05, 0.1) is 0 Å². The van der Waals surface area contributed by atoms with Gasteiger partial charge in [0.15, 0.2) is 5.43 Å². The summed E-state index contributed by atoms with van der Waals surface area (Å²) in [6.07, 6.45) is 1.89. The molecule has 0 amide bonds. The van der Waals surface area contributed by atoms with E-state index in [4.69, 9.17) is 0 Å². The van der Waals surface area contributed by atoms with Crippen LogP contribution in [0.25, 0.3) is 0 Å². The zero-order valence-electron chi connectivity index (χ0n) is 9.66. The molecule has 0 aliphatic heterocycles. The topological polar surface area (TPSA) is 22.0 Å².